The van der Waals surface area contributed by atoms with Crippen molar-refractivity contribution in [2.45, 2.75) is 64.3 Å². The molecule has 4 fully saturated rings. The number of carbonyl (C=O) groups excluding carboxylic acids is 1. The van der Waals surface area contributed by atoms with Gasteiger partial charge in [0.05, 0.1) is 0 Å². The van der Waals surface area contributed by atoms with Crippen molar-refractivity contribution in [3.8, 4) is 0 Å². The second-order valence-corrected chi connectivity index (χ2v) is 9.44. The second kappa shape index (κ2) is 5.43. The van der Waals surface area contributed by atoms with Crippen molar-refractivity contribution < 1.29 is 4.79 Å². The van der Waals surface area contributed by atoms with Crippen LogP contribution in [0.4, 0.5) is 9.93 Å². The van der Waals surface area contributed by atoms with E-state index in [1.54, 1.807) is 0 Å². The monoisotopic (exact) mass is 334 g/mol. The maximum atomic E-state index is 12.8. The molecule has 0 radical (unpaired) electrons. The van der Waals surface area contributed by atoms with E-state index in [1.807, 2.05) is 0 Å². The first-order valence-electron chi connectivity index (χ1n) is 8.80. The van der Waals surface area contributed by atoms with Crippen LogP contribution in [0.25, 0.3) is 0 Å². The van der Waals surface area contributed by atoms with Gasteiger partial charge < -0.3 is 4.90 Å². The fourth-order valence-electron chi connectivity index (χ4n) is 4.78. The third-order valence-corrected chi connectivity index (χ3v) is 6.31. The highest BCUT2D eigenvalue weighted by Gasteiger charge is 2.44. The lowest BCUT2D eigenvalue weighted by Crippen LogP contribution is -2.44. The number of fused-ring (bicyclic) bond motifs is 1. The van der Waals surface area contributed by atoms with Crippen molar-refractivity contribution in [3.05, 3.63) is 5.82 Å². The molecule has 4 bridgehead atoms. The Kier molecular flexibility index (Phi) is 3.63. The minimum absolute atomic E-state index is 0.0276. The molecule has 23 heavy (non-hydrogen) atoms. The van der Waals surface area contributed by atoms with E-state index in [1.165, 1.54) is 43.6 Å². The number of hydrogen-bond acceptors (Lipinski definition) is 4. The largest absolute Gasteiger partial charge is 0.323 e. The van der Waals surface area contributed by atoms with Crippen molar-refractivity contribution >= 4 is 22.7 Å². The zero-order valence-corrected chi connectivity index (χ0v) is 15.0. The van der Waals surface area contributed by atoms with Crippen LogP contribution in [0.5, 0.6) is 0 Å². The summed E-state index contributed by atoms with van der Waals surface area (Å²) in [6, 6.07) is 0.459. The van der Waals surface area contributed by atoms with Gasteiger partial charge in [0.2, 0.25) is 5.13 Å². The van der Waals surface area contributed by atoms with E-state index in [0.717, 1.165) is 24.2 Å². The molecular formula is C17H26N4OS. The molecule has 5 nitrogen and oxygen atoms in total. The van der Waals surface area contributed by atoms with Crippen molar-refractivity contribution in [1.29, 1.82) is 0 Å². The molecule has 3 heterocycles. The molecular weight excluding hydrogens is 308 g/mol. The lowest BCUT2D eigenvalue weighted by molar-refractivity contribution is 0.136. The predicted molar refractivity (Wildman–Crippen MR) is 91.7 cm³/mol. The lowest BCUT2D eigenvalue weighted by atomic mass is 9.68. The molecule has 2 aliphatic heterocycles. The summed E-state index contributed by atoms with van der Waals surface area (Å²) in [6.45, 7) is 7.19. The number of nitrogens with zero attached hydrogens (tertiary/aromatic N) is 3. The van der Waals surface area contributed by atoms with Gasteiger partial charge in [-0.05, 0) is 49.9 Å². The van der Waals surface area contributed by atoms with E-state index in [4.69, 9.17) is 0 Å². The first-order chi connectivity index (χ1) is 10.9. The molecule has 2 saturated heterocycles. The molecule has 126 valence electrons. The topological polar surface area (TPSA) is 58.1 Å². The predicted octanol–water partition coefficient (Wildman–Crippen LogP) is 3.88. The van der Waals surface area contributed by atoms with Crippen molar-refractivity contribution in [1.82, 2.24) is 14.3 Å². The number of carbonyl (C=O) groups is 1. The summed E-state index contributed by atoms with van der Waals surface area (Å²) in [5, 5.41) is 3.63. The number of hydrogen-bond donors (Lipinski definition) is 1. The lowest BCUT2D eigenvalue weighted by Gasteiger charge is -2.38. The number of rotatable bonds is 1. The van der Waals surface area contributed by atoms with Crippen molar-refractivity contribution in [3.63, 3.8) is 0 Å². The molecule has 2 aliphatic carbocycles. The molecule has 0 spiro atoms. The zero-order chi connectivity index (χ0) is 16.2. The van der Waals surface area contributed by atoms with Crippen LogP contribution in [-0.2, 0) is 5.41 Å². The first-order valence-corrected chi connectivity index (χ1v) is 9.57. The van der Waals surface area contributed by atoms with E-state index in [9.17, 15) is 4.79 Å². The summed E-state index contributed by atoms with van der Waals surface area (Å²) in [5.41, 5.74) is -0.0834. The summed E-state index contributed by atoms with van der Waals surface area (Å²) in [4.78, 5) is 19.4. The summed E-state index contributed by atoms with van der Waals surface area (Å²) < 4.78 is 4.39. The van der Waals surface area contributed by atoms with Crippen LogP contribution in [0, 0.1) is 17.8 Å². The van der Waals surface area contributed by atoms with Gasteiger partial charge in [-0.15, -0.1) is 0 Å². The van der Waals surface area contributed by atoms with Gasteiger partial charge in [-0.25, -0.2) is 9.78 Å². The average Bonchev–Trinajstić information content (AvgIpc) is 2.83. The molecule has 1 aromatic rings. The number of urea groups is 1. The van der Waals surface area contributed by atoms with Gasteiger partial charge in [-0.3, -0.25) is 5.32 Å². The maximum Gasteiger partial charge on any atom is 0.323 e. The summed E-state index contributed by atoms with van der Waals surface area (Å²) in [7, 11) is 0. The fraction of sp³-hybridized carbons (Fsp3) is 0.824. The van der Waals surface area contributed by atoms with Gasteiger partial charge in [0.25, 0.3) is 0 Å². The minimum Gasteiger partial charge on any atom is -0.321 e. The second-order valence-electron chi connectivity index (χ2n) is 8.69. The van der Waals surface area contributed by atoms with Crippen LogP contribution in [0.15, 0.2) is 0 Å². The van der Waals surface area contributed by atoms with Crippen LogP contribution >= 0.6 is 11.5 Å². The Bertz CT molecular complexity index is 594. The Morgan fingerprint density at radius 3 is 2.39 bits per heavy atom. The zero-order valence-electron chi connectivity index (χ0n) is 14.2. The Labute approximate surface area is 142 Å². The van der Waals surface area contributed by atoms with Crippen LogP contribution in [-0.4, -0.2) is 32.9 Å². The molecule has 5 rings (SSSR count). The summed E-state index contributed by atoms with van der Waals surface area (Å²) in [5.74, 6) is 3.21. The van der Waals surface area contributed by atoms with Gasteiger partial charge in [0.15, 0.2) is 0 Å². The highest BCUT2D eigenvalue weighted by Crippen LogP contribution is 2.47. The van der Waals surface area contributed by atoms with Gasteiger partial charge >= 0.3 is 6.03 Å². The standard InChI is InChI=1S/C17H26N4OS/c1-17(2,3)14-18-15(23-20-14)19-16(22)21-9-12-5-10-4-11(6-12)8-13(21)7-10/h10-13H,4-9H2,1-3H3,(H,18,19,20,22). The number of nitrogens with one attached hydrogen (secondary N) is 1. The third kappa shape index (κ3) is 2.97. The van der Waals surface area contributed by atoms with Gasteiger partial charge in [0, 0.05) is 29.5 Å². The van der Waals surface area contributed by atoms with Gasteiger partial charge in [-0.2, -0.15) is 4.37 Å². The highest BCUT2D eigenvalue weighted by atomic mass is 32.1. The number of aromatic nitrogens is 2. The quantitative estimate of drug-likeness (QED) is 0.848. The molecule has 2 unspecified atom stereocenters. The van der Waals surface area contributed by atoms with E-state index in [2.05, 4.69) is 40.3 Å². The Morgan fingerprint density at radius 1 is 1.13 bits per heavy atom. The maximum absolute atomic E-state index is 12.8. The average molecular weight is 334 g/mol. The van der Waals surface area contributed by atoms with Gasteiger partial charge in [-0.1, -0.05) is 20.8 Å². The number of amides is 2. The molecule has 2 saturated carbocycles. The van der Waals surface area contributed by atoms with Crippen LogP contribution in [0.1, 0.15) is 58.7 Å². The van der Waals surface area contributed by atoms with E-state index in [-0.39, 0.29) is 11.4 Å². The van der Waals surface area contributed by atoms with Crippen molar-refractivity contribution in [2.75, 3.05) is 11.9 Å². The molecule has 0 aromatic carbocycles. The molecule has 1 N–H and O–H groups in total. The molecule has 2 atom stereocenters. The minimum atomic E-state index is -0.0834. The fourth-order valence-corrected chi connectivity index (χ4v) is 5.52. The third-order valence-electron chi connectivity index (χ3n) is 5.68. The van der Waals surface area contributed by atoms with E-state index < -0.39 is 0 Å². The van der Waals surface area contributed by atoms with E-state index in [0.29, 0.717) is 17.1 Å². The smallest absolute Gasteiger partial charge is 0.321 e. The first kappa shape index (κ1) is 15.4. The van der Waals surface area contributed by atoms with Crippen LogP contribution in [0.2, 0.25) is 0 Å². The Balaban J connectivity index is 1.48. The molecule has 4 aliphatic rings. The Hall–Kier alpha value is -1.17. The van der Waals surface area contributed by atoms with Crippen LogP contribution < -0.4 is 5.32 Å². The molecule has 6 heteroatoms. The molecule has 1 aromatic heterocycles. The molecule has 2 amide bonds. The normalized spacial score (nSPS) is 32.9. The summed E-state index contributed by atoms with van der Waals surface area (Å²) >= 11 is 1.29. The highest BCUT2D eigenvalue weighted by molar-refractivity contribution is 7.09. The van der Waals surface area contributed by atoms with E-state index >= 15 is 0 Å². The van der Waals surface area contributed by atoms with Crippen LogP contribution in [0.3, 0.4) is 0 Å². The number of anilines is 1. The SMILES string of the molecule is CC(C)(C)c1nsc(NC(=O)N2CC3CC4CC(C3)CC2C4)n1. The summed E-state index contributed by atoms with van der Waals surface area (Å²) in [6.07, 6.45) is 6.44. The Morgan fingerprint density at radius 2 is 1.78 bits per heavy atom. The van der Waals surface area contributed by atoms with Gasteiger partial charge in [0.1, 0.15) is 5.82 Å². The van der Waals surface area contributed by atoms with Crippen molar-refractivity contribution in [2.24, 2.45) is 17.8 Å².